The van der Waals surface area contributed by atoms with Gasteiger partial charge in [-0.15, -0.1) is 0 Å². The van der Waals surface area contributed by atoms with Crippen LogP contribution in [0.2, 0.25) is 0 Å². The Kier molecular flexibility index (Phi) is 1.61. The topological polar surface area (TPSA) is 21.8 Å². The van der Waals surface area contributed by atoms with Crippen LogP contribution in [0.3, 0.4) is 0 Å². The number of benzene rings is 1. The van der Waals surface area contributed by atoms with Crippen molar-refractivity contribution in [3.63, 3.8) is 0 Å². The Labute approximate surface area is 80.9 Å². The zero-order chi connectivity index (χ0) is 9.54. The Morgan fingerprint density at radius 1 is 1.36 bits per heavy atom. The lowest BCUT2D eigenvalue weighted by Gasteiger charge is -2.16. The van der Waals surface area contributed by atoms with E-state index in [4.69, 9.17) is 9.47 Å². The molecule has 1 saturated heterocycles. The van der Waals surface area contributed by atoms with Gasteiger partial charge in [-0.25, -0.2) is 4.39 Å². The van der Waals surface area contributed by atoms with E-state index in [1.165, 1.54) is 12.1 Å². The highest BCUT2D eigenvalue weighted by atomic mass is 19.1. The quantitative estimate of drug-likeness (QED) is 0.635. The van der Waals surface area contributed by atoms with Gasteiger partial charge in [0, 0.05) is 5.56 Å². The van der Waals surface area contributed by atoms with E-state index in [0.29, 0.717) is 0 Å². The lowest BCUT2D eigenvalue weighted by atomic mass is 10.1. The molecule has 2 aliphatic rings. The van der Waals surface area contributed by atoms with E-state index >= 15 is 0 Å². The molecule has 14 heavy (non-hydrogen) atoms. The summed E-state index contributed by atoms with van der Waals surface area (Å²) in [4.78, 5) is 0. The van der Waals surface area contributed by atoms with Crippen LogP contribution in [0.1, 0.15) is 5.56 Å². The highest BCUT2D eigenvalue weighted by Crippen LogP contribution is 2.31. The zero-order valence-corrected chi connectivity index (χ0v) is 7.50. The number of fused-ring (bicyclic) bond motifs is 1. The first-order valence-corrected chi connectivity index (χ1v) is 4.61. The molecule has 0 aliphatic carbocycles. The second-order valence-electron chi connectivity index (χ2n) is 3.49. The summed E-state index contributed by atoms with van der Waals surface area (Å²) in [6.07, 6.45) is 2.81. The van der Waals surface area contributed by atoms with E-state index < -0.39 is 0 Å². The average molecular weight is 192 g/mol. The van der Waals surface area contributed by atoms with Crippen molar-refractivity contribution in [1.29, 1.82) is 0 Å². The number of ether oxygens (including phenoxy) is 2. The first-order valence-electron chi connectivity index (χ1n) is 4.61. The second-order valence-corrected chi connectivity index (χ2v) is 3.49. The average Bonchev–Trinajstić information content (AvgIpc) is 3.00. The van der Waals surface area contributed by atoms with Crippen LogP contribution in [0.4, 0.5) is 4.39 Å². The summed E-state index contributed by atoms with van der Waals surface area (Å²) in [6, 6.07) is 4.59. The van der Waals surface area contributed by atoms with Crippen LogP contribution in [0.25, 0.3) is 0 Å². The van der Waals surface area contributed by atoms with E-state index in [0.717, 1.165) is 30.1 Å². The molecule has 0 amide bonds. The molecule has 2 aliphatic heterocycles. The van der Waals surface area contributed by atoms with Crippen LogP contribution in [0, 0.1) is 5.82 Å². The third-order valence-electron chi connectivity index (χ3n) is 2.42. The van der Waals surface area contributed by atoms with Gasteiger partial charge in [-0.1, -0.05) is 0 Å². The van der Waals surface area contributed by atoms with Gasteiger partial charge in [-0.3, -0.25) is 0 Å². The SMILES string of the molecule is Fc1ccc2c(c1)CC=C([C@H]1CO1)O2. The molecule has 0 saturated carbocycles. The van der Waals surface area contributed by atoms with Gasteiger partial charge in [-0.05, 0) is 30.7 Å². The zero-order valence-electron chi connectivity index (χ0n) is 7.50. The Hall–Kier alpha value is -1.35. The van der Waals surface area contributed by atoms with Gasteiger partial charge in [0.1, 0.15) is 23.4 Å². The summed E-state index contributed by atoms with van der Waals surface area (Å²) in [5.41, 5.74) is 0.898. The third kappa shape index (κ3) is 1.30. The normalized spacial score (nSPS) is 23.5. The molecule has 1 aromatic carbocycles. The summed E-state index contributed by atoms with van der Waals surface area (Å²) in [7, 11) is 0. The van der Waals surface area contributed by atoms with Gasteiger partial charge in [0.05, 0.1) is 6.61 Å². The molecule has 2 heterocycles. The molecule has 72 valence electrons. The van der Waals surface area contributed by atoms with Crippen molar-refractivity contribution >= 4 is 0 Å². The summed E-state index contributed by atoms with van der Waals surface area (Å²) in [5, 5.41) is 0. The van der Waals surface area contributed by atoms with Crippen LogP contribution < -0.4 is 4.74 Å². The fourth-order valence-electron chi connectivity index (χ4n) is 1.60. The lowest BCUT2D eigenvalue weighted by molar-refractivity contribution is 0.329. The molecule has 0 bridgehead atoms. The molecule has 1 aromatic rings. The molecule has 3 rings (SSSR count). The first-order chi connectivity index (χ1) is 6.83. The number of hydrogen-bond acceptors (Lipinski definition) is 2. The lowest BCUT2D eigenvalue weighted by Crippen LogP contribution is -2.09. The molecular weight excluding hydrogens is 183 g/mol. The molecule has 2 nitrogen and oxygen atoms in total. The van der Waals surface area contributed by atoms with Gasteiger partial charge in [0.2, 0.25) is 0 Å². The summed E-state index contributed by atoms with van der Waals surface area (Å²) in [5.74, 6) is 1.40. The maximum atomic E-state index is 12.9. The van der Waals surface area contributed by atoms with Crippen LogP contribution in [0.5, 0.6) is 5.75 Å². The maximum absolute atomic E-state index is 12.9. The monoisotopic (exact) mass is 192 g/mol. The van der Waals surface area contributed by atoms with Crippen molar-refractivity contribution in [1.82, 2.24) is 0 Å². The van der Waals surface area contributed by atoms with E-state index in [1.54, 1.807) is 6.07 Å². The van der Waals surface area contributed by atoms with Crippen LogP contribution >= 0.6 is 0 Å². The molecule has 0 spiro atoms. The highest BCUT2D eigenvalue weighted by Gasteiger charge is 2.31. The molecule has 0 N–H and O–H groups in total. The van der Waals surface area contributed by atoms with Crippen molar-refractivity contribution in [3.8, 4) is 5.75 Å². The minimum atomic E-state index is -0.216. The molecule has 0 aromatic heterocycles. The standard InChI is InChI=1S/C11H9FO2/c12-8-2-4-9-7(5-8)1-3-10(14-9)11-6-13-11/h2-5,11H,1,6H2/t11-/m1/s1. The highest BCUT2D eigenvalue weighted by molar-refractivity contribution is 5.40. The smallest absolute Gasteiger partial charge is 0.138 e. The molecule has 3 heteroatoms. The van der Waals surface area contributed by atoms with Gasteiger partial charge in [0.15, 0.2) is 0 Å². The van der Waals surface area contributed by atoms with Gasteiger partial charge in [-0.2, -0.15) is 0 Å². The largest absolute Gasteiger partial charge is 0.459 e. The minimum Gasteiger partial charge on any atom is -0.459 e. The van der Waals surface area contributed by atoms with Gasteiger partial charge in [0.25, 0.3) is 0 Å². The van der Waals surface area contributed by atoms with E-state index in [2.05, 4.69) is 0 Å². The molecule has 1 atom stereocenters. The number of hydrogen-bond donors (Lipinski definition) is 0. The van der Waals surface area contributed by atoms with Crippen molar-refractivity contribution in [3.05, 3.63) is 41.4 Å². The Morgan fingerprint density at radius 2 is 2.21 bits per heavy atom. The first kappa shape index (κ1) is 8.00. The minimum absolute atomic E-state index is 0.133. The van der Waals surface area contributed by atoms with Crippen molar-refractivity contribution in [2.45, 2.75) is 12.5 Å². The molecule has 1 fully saturated rings. The number of halogens is 1. The summed E-state index contributed by atoms with van der Waals surface area (Å²) in [6.45, 7) is 0.738. The molecule has 0 radical (unpaired) electrons. The number of epoxide rings is 1. The Morgan fingerprint density at radius 3 is 3.00 bits per heavy atom. The van der Waals surface area contributed by atoms with Gasteiger partial charge >= 0.3 is 0 Å². The predicted molar refractivity (Wildman–Crippen MR) is 48.6 cm³/mol. The van der Waals surface area contributed by atoms with E-state index in [9.17, 15) is 4.39 Å². The van der Waals surface area contributed by atoms with Crippen molar-refractivity contribution in [2.75, 3.05) is 6.61 Å². The molecule has 0 unspecified atom stereocenters. The number of rotatable bonds is 1. The molecular formula is C11H9FO2. The van der Waals surface area contributed by atoms with Gasteiger partial charge < -0.3 is 9.47 Å². The summed E-state index contributed by atoms with van der Waals surface area (Å²) < 4.78 is 23.6. The predicted octanol–water partition coefficient (Wildman–Crippen LogP) is 2.04. The Balaban J connectivity index is 1.92. The van der Waals surface area contributed by atoms with Crippen LogP contribution in [-0.2, 0) is 11.2 Å². The van der Waals surface area contributed by atoms with Crippen LogP contribution in [0.15, 0.2) is 30.0 Å². The van der Waals surface area contributed by atoms with E-state index in [-0.39, 0.29) is 11.9 Å². The van der Waals surface area contributed by atoms with Crippen molar-refractivity contribution in [2.24, 2.45) is 0 Å². The van der Waals surface area contributed by atoms with Crippen molar-refractivity contribution < 1.29 is 13.9 Å². The second kappa shape index (κ2) is 2.82. The number of allylic oxidation sites excluding steroid dienone is 1. The Bertz CT molecular complexity index is 408. The van der Waals surface area contributed by atoms with E-state index in [1.807, 2.05) is 6.08 Å². The maximum Gasteiger partial charge on any atom is 0.138 e. The summed E-state index contributed by atoms with van der Waals surface area (Å²) >= 11 is 0. The third-order valence-corrected chi connectivity index (χ3v) is 2.42. The fraction of sp³-hybridized carbons (Fsp3) is 0.273. The fourth-order valence-corrected chi connectivity index (χ4v) is 1.60. The van der Waals surface area contributed by atoms with Crippen LogP contribution in [-0.4, -0.2) is 12.7 Å².